The van der Waals surface area contributed by atoms with Gasteiger partial charge in [0.15, 0.2) is 0 Å². The predicted molar refractivity (Wildman–Crippen MR) is 112 cm³/mol. The molecule has 0 aromatic heterocycles. The molecule has 0 aliphatic carbocycles. The van der Waals surface area contributed by atoms with Crippen LogP contribution in [-0.2, 0) is 16.2 Å². The molecule has 0 radical (unpaired) electrons. The van der Waals surface area contributed by atoms with E-state index in [2.05, 4.69) is 5.32 Å². The van der Waals surface area contributed by atoms with Crippen molar-refractivity contribution in [2.75, 3.05) is 38.5 Å². The van der Waals surface area contributed by atoms with Gasteiger partial charge in [-0.25, -0.2) is 13.2 Å². The molecule has 31 heavy (non-hydrogen) atoms. The zero-order valence-corrected chi connectivity index (χ0v) is 18.1. The molecule has 6 nitrogen and oxygen atoms in total. The second kappa shape index (κ2) is 9.92. The van der Waals surface area contributed by atoms with E-state index in [9.17, 15) is 26.4 Å². The first-order valence-corrected chi connectivity index (χ1v) is 12.0. The fourth-order valence-electron chi connectivity index (χ4n) is 3.07. The van der Waals surface area contributed by atoms with Gasteiger partial charge in [-0.2, -0.15) is 17.5 Å². The highest BCUT2D eigenvalue weighted by molar-refractivity contribution is 7.99. The van der Waals surface area contributed by atoms with Gasteiger partial charge in [0.1, 0.15) is 0 Å². The molecule has 168 valence electrons. The lowest BCUT2D eigenvalue weighted by Gasteiger charge is -2.34. The Bertz CT molecular complexity index is 993. The van der Waals surface area contributed by atoms with Crippen molar-refractivity contribution >= 4 is 27.8 Å². The molecule has 1 saturated heterocycles. The standard InChI is InChI=1S/C20H22F3N3O3S2/c21-20(22,23)16-5-4-8-18(15-16)31(28,29)26-12-10-25(11-13-26)19(27)24-9-14-30-17-6-2-1-3-7-17/h1-8,15H,9-14H2,(H,24,27). The van der Waals surface area contributed by atoms with Gasteiger partial charge in [0.05, 0.1) is 10.5 Å². The molecule has 1 N–H and O–H groups in total. The van der Waals surface area contributed by atoms with E-state index in [-0.39, 0.29) is 32.2 Å². The number of rotatable bonds is 6. The first-order valence-electron chi connectivity index (χ1n) is 9.56. The number of halogens is 3. The predicted octanol–water partition coefficient (Wildman–Crippen LogP) is 3.51. The SMILES string of the molecule is O=C(NCCSc1ccccc1)N1CCN(S(=O)(=O)c2cccc(C(F)(F)F)c2)CC1. The number of alkyl halides is 3. The normalized spacial score (nSPS) is 15.6. The Morgan fingerprint density at radius 3 is 2.32 bits per heavy atom. The second-order valence-corrected chi connectivity index (χ2v) is 9.92. The number of benzene rings is 2. The van der Waals surface area contributed by atoms with Crippen molar-refractivity contribution in [1.82, 2.24) is 14.5 Å². The Labute approximate surface area is 183 Å². The van der Waals surface area contributed by atoms with E-state index >= 15 is 0 Å². The lowest BCUT2D eigenvalue weighted by atomic mass is 10.2. The molecule has 0 atom stereocenters. The van der Waals surface area contributed by atoms with Crippen LogP contribution in [0.1, 0.15) is 5.56 Å². The Balaban J connectivity index is 1.50. The molecule has 1 aliphatic rings. The van der Waals surface area contributed by atoms with Gasteiger partial charge in [-0.05, 0) is 30.3 Å². The Morgan fingerprint density at radius 2 is 1.68 bits per heavy atom. The van der Waals surface area contributed by atoms with Gasteiger partial charge in [0, 0.05) is 43.4 Å². The Morgan fingerprint density at radius 1 is 1.00 bits per heavy atom. The monoisotopic (exact) mass is 473 g/mol. The summed E-state index contributed by atoms with van der Waals surface area (Å²) in [6, 6.07) is 13.2. The van der Waals surface area contributed by atoms with Gasteiger partial charge in [0.2, 0.25) is 10.0 Å². The average molecular weight is 474 g/mol. The van der Waals surface area contributed by atoms with E-state index in [1.165, 1.54) is 4.90 Å². The molecular formula is C20H22F3N3O3S2. The summed E-state index contributed by atoms with van der Waals surface area (Å²) in [6.45, 7) is 0.822. The van der Waals surface area contributed by atoms with Crippen molar-refractivity contribution in [3.63, 3.8) is 0 Å². The number of hydrogen-bond acceptors (Lipinski definition) is 4. The number of carbonyl (C=O) groups is 1. The summed E-state index contributed by atoms with van der Waals surface area (Å²) in [4.78, 5) is 14.5. The van der Waals surface area contributed by atoms with Crippen LogP contribution in [0.25, 0.3) is 0 Å². The van der Waals surface area contributed by atoms with Crippen molar-refractivity contribution in [3.8, 4) is 0 Å². The quantitative estimate of drug-likeness (QED) is 0.515. The maximum atomic E-state index is 12.9. The molecule has 1 aliphatic heterocycles. The van der Waals surface area contributed by atoms with Gasteiger partial charge in [-0.3, -0.25) is 0 Å². The molecule has 0 unspecified atom stereocenters. The van der Waals surface area contributed by atoms with E-state index in [0.29, 0.717) is 18.4 Å². The van der Waals surface area contributed by atoms with Gasteiger partial charge in [0.25, 0.3) is 0 Å². The van der Waals surface area contributed by atoms with E-state index in [0.717, 1.165) is 27.4 Å². The smallest absolute Gasteiger partial charge is 0.337 e. The number of urea groups is 1. The third kappa shape index (κ3) is 6.14. The Kier molecular flexibility index (Phi) is 7.50. The third-order valence-corrected chi connectivity index (χ3v) is 7.62. The Hall–Kier alpha value is -2.24. The van der Waals surface area contributed by atoms with E-state index in [4.69, 9.17) is 0 Å². The minimum absolute atomic E-state index is 0.0186. The molecule has 3 rings (SSSR count). The van der Waals surface area contributed by atoms with Crippen LogP contribution in [0.5, 0.6) is 0 Å². The van der Waals surface area contributed by atoms with Crippen LogP contribution < -0.4 is 5.32 Å². The topological polar surface area (TPSA) is 69.7 Å². The molecular weight excluding hydrogens is 451 g/mol. The fourth-order valence-corrected chi connectivity index (χ4v) is 5.33. The molecule has 1 fully saturated rings. The summed E-state index contributed by atoms with van der Waals surface area (Å²) in [5.41, 5.74) is -1.01. The van der Waals surface area contributed by atoms with Gasteiger partial charge in [-0.15, -0.1) is 11.8 Å². The molecule has 0 bridgehead atoms. The highest BCUT2D eigenvalue weighted by Crippen LogP contribution is 2.31. The van der Waals surface area contributed by atoms with E-state index in [1.54, 1.807) is 11.8 Å². The van der Waals surface area contributed by atoms with Crippen LogP contribution in [0.2, 0.25) is 0 Å². The van der Waals surface area contributed by atoms with Crippen molar-refractivity contribution in [2.24, 2.45) is 0 Å². The molecule has 2 aromatic rings. The first kappa shape index (κ1) is 23.4. The summed E-state index contributed by atoms with van der Waals surface area (Å²) in [5.74, 6) is 0.694. The number of nitrogens with zero attached hydrogens (tertiary/aromatic N) is 2. The third-order valence-electron chi connectivity index (χ3n) is 4.72. The van der Waals surface area contributed by atoms with Crippen molar-refractivity contribution in [2.45, 2.75) is 16.0 Å². The largest absolute Gasteiger partial charge is 0.416 e. The van der Waals surface area contributed by atoms with Crippen molar-refractivity contribution in [1.29, 1.82) is 0 Å². The maximum Gasteiger partial charge on any atom is 0.416 e. The zero-order valence-electron chi connectivity index (χ0n) is 16.5. The lowest BCUT2D eigenvalue weighted by molar-refractivity contribution is -0.137. The zero-order chi connectivity index (χ0) is 22.5. The highest BCUT2D eigenvalue weighted by Gasteiger charge is 2.34. The summed E-state index contributed by atoms with van der Waals surface area (Å²) >= 11 is 1.61. The summed E-state index contributed by atoms with van der Waals surface area (Å²) in [5, 5.41) is 2.81. The second-order valence-electron chi connectivity index (χ2n) is 6.81. The first-order chi connectivity index (χ1) is 14.7. The van der Waals surface area contributed by atoms with Crippen LogP contribution in [0.15, 0.2) is 64.4 Å². The van der Waals surface area contributed by atoms with Gasteiger partial charge < -0.3 is 10.2 Å². The van der Waals surface area contributed by atoms with E-state index < -0.39 is 26.7 Å². The number of sulfonamides is 1. The summed E-state index contributed by atoms with van der Waals surface area (Å²) in [6.07, 6.45) is -4.62. The summed E-state index contributed by atoms with van der Waals surface area (Å²) < 4.78 is 65.3. The molecule has 11 heteroatoms. The van der Waals surface area contributed by atoms with Gasteiger partial charge >= 0.3 is 12.2 Å². The number of amides is 2. The molecule has 2 amide bonds. The number of carbonyl (C=O) groups excluding carboxylic acids is 1. The molecule has 2 aromatic carbocycles. The van der Waals surface area contributed by atoms with Crippen molar-refractivity contribution < 1.29 is 26.4 Å². The van der Waals surface area contributed by atoms with Gasteiger partial charge in [-0.1, -0.05) is 24.3 Å². The molecule has 0 spiro atoms. The lowest BCUT2D eigenvalue weighted by Crippen LogP contribution is -2.53. The minimum Gasteiger partial charge on any atom is -0.337 e. The number of piperazine rings is 1. The van der Waals surface area contributed by atoms with Crippen LogP contribution in [0.3, 0.4) is 0 Å². The average Bonchev–Trinajstić information content (AvgIpc) is 2.77. The number of hydrogen-bond donors (Lipinski definition) is 1. The number of thioether (sulfide) groups is 1. The van der Waals surface area contributed by atoms with Crippen LogP contribution in [-0.4, -0.2) is 62.1 Å². The van der Waals surface area contributed by atoms with E-state index in [1.807, 2.05) is 30.3 Å². The van der Waals surface area contributed by atoms with Crippen LogP contribution >= 0.6 is 11.8 Å². The highest BCUT2D eigenvalue weighted by atomic mass is 32.2. The van der Waals surface area contributed by atoms with Crippen LogP contribution in [0, 0.1) is 0 Å². The molecule has 1 heterocycles. The van der Waals surface area contributed by atoms with Crippen molar-refractivity contribution in [3.05, 3.63) is 60.2 Å². The molecule has 0 saturated carbocycles. The minimum atomic E-state index is -4.62. The fraction of sp³-hybridized carbons (Fsp3) is 0.350. The summed E-state index contributed by atoms with van der Waals surface area (Å²) in [7, 11) is -4.07. The maximum absolute atomic E-state index is 12.9. The number of nitrogens with one attached hydrogen (secondary N) is 1. The van der Waals surface area contributed by atoms with Crippen LogP contribution in [0.4, 0.5) is 18.0 Å².